The second-order valence-electron chi connectivity index (χ2n) is 4.97. The number of piperidine rings is 1. The molecule has 1 aliphatic rings. The Morgan fingerprint density at radius 3 is 2.89 bits per heavy atom. The van der Waals surface area contributed by atoms with Crippen LogP contribution in [0.15, 0.2) is 41.5 Å². The topological polar surface area (TPSA) is 51.3 Å². The van der Waals surface area contributed by atoms with Crippen LogP contribution in [0.25, 0.3) is 0 Å². The number of amides is 1. The number of rotatable bonds is 3. The van der Waals surface area contributed by atoms with E-state index >= 15 is 0 Å². The first kappa shape index (κ1) is 12.0. The maximum Gasteiger partial charge on any atom is 0.289 e. The molecule has 2 aromatic rings. The molecular weight excluding hydrogens is 242 g/mol. The smallest absolute Gasteiger partial charge is 0.289 e. The second kappa shape index (κ2) is 5.30. The van der Waals surface area contributed by atoms with Crippen molar-refractivity contribution in [3.63, 3.8) is 0 Å². The fraction of sp³-hybridized carbons (Fsp3) is 0.429. The van der Waals surface area contributed by atoms with Gasteiger partial charge in [-0.2, -0.15) is 0 Å². The highest BCUT2D eigenvalue weighted by Crippen LogP contribution is 2.20. The largest absolute Gasteiger partial charge is 0.459 e. The van der Waals surface area contributed by atoms with Crippen molar-refractivity contribution >= 4 is 5.91 Å². The number of hydrogen-bond acceptors (Lipinski definition) is 3. The molecule has 1 fully saturated rings. The highest BCUT2D eigenvalue weighted by atomic mass is 16.3. The van der Waals surface area contributed by atoms with E-state index in [0.717, 1.165) is 32.5 Å². The number of furan rings is 1. The van der Waals surface area contributed by atoms with Crippen LogP contribution in [0.2, 0.25) is 0 Å². The molecule has 3 rings (SSSR count). The highest BCUT2D eigenvalue weighted by molar-refractivity contribution is 5.91. The Labute approximate surface area is 111 Å². The monoisotopic (exact) mass is 259 g/mol. The van der Waals surface area contributed by atoms with Crippen LogP contribution in [0.5, 0.6) is 0 Å². The molecule has 100 valence electrons. The fourth-order valence-electron chi connectivity index (χ4n) is 2.57. The van der Waals surface area contributed by atoms with Crippen molar-refractivity contribution < 1.29 is 9.21 Å². The van der Waals surface area contributed by atoms with E-state index in [0.29, 0.717) is 11.7 Å². The quantitative estimate of drug-likeness (QED) is 0.847. The summed E-state index contributed by atoms with van der Waals surface area (Å²) in [5.41, 5.74) is 0. The first-order valence-electron chi connectivity index (χ1n) is 6.61. The van der Waals surface area contributed by atoms with Gasteiger partial charge in [0.2, 0.25) is 0 Å². The van der Waals surface area contributed by atoms with Gasteiger partial charge in [0.1, 0.15) is 0 Å². The van der Waals surface area contributed by atoms with Crippen LogP contribution in [0.4, 0.5) is 0 Å². The molecule has 0 N–H and O–H groups in total. The molecule has 0 saturated carbocycles. The van der Waals surface area contributed by atoms with Crippen LogP contribution in [0.3, 0.4) is 0 Å². The SMILES string of the molecule is O=C(c1ccco1)N1CCC(Cn2ccnc2)CC1. The van der Waals surface area contributed by atoms with E-state index in [9.17, 15) is 4.79 Å². The molecule has 2 aromatic heterocycles. The zero-order valence-corrected chi connectivity index (χ0v) is 10.7. The van der Waals surface area contributed by atoms with Crippen molar-refractivity contribution in [1.82, 2.24) is 14.5 Å². The first-order chi connectivity index (χ1) is 9.33. The standard InChI is InChI=1S/C14H17N3O2/c18-14(13-2-1-9-19-13)17-6-3-12(4-7-17)10-16-8-5-15-11-16/h1-2,5,8-9,11-12H,3-4,6-7,10H2. The van der Waals surface area contributed by atoms with Crippen LogP contribution in [0.1, 0.15) is 23.4 Å². The van der Waals surface area contributed by atoms with Gasteiger partial charge in [0.15, 0.2) is 5.76 Å². The number of likely N-dealkylation sites (tertiary alicyclic amines) is 1. The van der Waals surface area contributed by atoms with Crippen molar-refractivity contribution in [3.05, 3.63) is 42.9 Å². The van der Waals surface area contributed by atoms with Gasteiger partial charge < -0.3 is 13.9 Å². The van der Waals surface area contributed by atoms with E-state index in [2.05, 4.69) is 9.55 Å². The van der Waals surface area contributed by atoms with Crippen molar-refractivity contribution in [2.24, 2.45) is 5.92 Å². The van der Waals surface area contributed by atoms with Crippen molar-refractivity contribution in [2.75, 3.05) is 13.1 Å². The molecule has 1 saturated heterocycles. The van der Waals surface area contributed by atoms with Crippen LogP contribution < -0.4 is 0 Å². The van der Waals surface area contributed by atoms with E-state index < -0.39 is 0 Å². The number of carbonyl (C=O) groups excluding carboxylic acids is 1. The zero-order valence-electron chi connectivity index (χ0n) is 10.7. The van der Waals surface area contributed by atoms with Gasteiger partial charge in [-0.1, -0.05) is 0 Å². The summed E-state index contributed by atoms with van der Waals surface area (Å²) < 4.78 is 7.26. The maximum atomic E-state index is 12.1. The molecular formula is C14H17N3O2. The van der Waals surface area contributed by atoms with Crippen molar-refractivity contribution in [2.45, 2.75) is 19.4 Å². The second-order valence-corrected chi connectivity index (χ2v) is 4.97. The number of aromatic nitrogens is 2. The maximum absolute atomic E-state index is 12.1. The normalized spacial score (nSPS) is 16.7. The van der Waals surface area contributed by atoms with Crippen molar-refractivity contribution in [1.29, 1.82) is 0 Å². The van der Waals surface area contributed by atoms with E-state index in [4.69, 9.17) is 4.42 Å². The molecule has 3 heterocycles. The molecule has 5 nitrogen and oxygen atoms in total. The Balaban J connectivity index is 1.53. The Morgan fingerprint density at radius 2 is 2.26 bits per heavy atom. The molecule has 0 radical (unpaired) electrons. The summed E-state index contributed by atoms with van der Waals surface area (Å²) >= 11 is 0. The molecule has 5 heteroatoms. The highest BCUT2D eigenvalue weighted by Gasteiger charge is 2.24. The van der Waals surface area contributed by atoms with Gasteiger partial charge in [-0.15, -0.1) is 0 Å². The average molecular weight is 259 g/mol. The molecule has 0 aliphatic carbocycles. The van der Waals surface area contributed by atoms with Crippen LogP contribution in [-0.4, -0.2) is 33.4 Å². The number of nitrogens with zero attached hydrogens (tertiary/aromatic N) is 3. The molecule has 1 amide bonds. The lowest BCUT2D eigenvalue weighted by Gasteiger charge is -2.31. The van der Waals surface area contributed by atoms with E-state index in [1.807, 2.05) is 17.4 Å². The summed E-state index contributed by atoms with van der Waals surface area (Å²) in [7, 11) is 0. The van der Waals surface area contributed by atoms with Gasteiger partial charge in [0.25, 0.3) is 5.91 Å². The fourth-order valence-corrected chi connectivity index (χ4v) is 2.57. The lowest BCUT2D eigenvalue weighted by molar-refractivity contribution is 0.0651. The first-order valence-corrected chi connectivity index (χ1v) is 6.61. The Hall–Kier alpha value is -2.04. The van der Waals surface area contributed by atoms with Gasteiger partial charge in [0.05, 0.1) is 12.6 Å². The predicted molar refractivity (Wildman–Crippen MR) is 69.6 cm³/mol. The lowest BCUT2D eigenvalue weighted by Crippen LogP contribution is -2.39. The summed E-state index contributed by atoms with van der Waals surface area (Å²) in [5.74, 6) is 1.06. The third-order valence-corrected chi connectivity index (χ3v) is 3.66. The number of carbonyl (C=O) groups is 1. The minimum atomic E-state index is 0.00563. The van der Waals surface area contributed by atoms with Gasteiger partial charge in [0, 0.05) is 32.0 Å². The molecule has 0 aromatic carbocycles. The zero-order chi connectivity index (χ0) is 13.1. The Kier molecular flexibility index (Phi) is 3.35. The predicted octanol–water partition coefficient (Wildman–Crippen LogP) is 2.03. The van der Waals surface area contributed by atoms with Gasteiger partial charge in [-0.05, 0) is 30.9 Å². The average Bonchev–Trinajstić information content (AvgIpc) is 3.12. The molecule has 0 unspecified atom stereocenters. The summed E-state index contributed by atoms with van der Waals surface area (Å²) in [4.78, 5) is 18.0. The Bertz CT molecular complexity index is 511. The molecule has 19 heavy (non-hydrogen) atoms. The van der Waals surface area contributed by atoms with Crippen LogP contribution in [0, 0.1) is 5.92 Å². The van der Waals surface area contributed by atoms with Crippen molar-refractivity contribution in [3.8, 4) is 0 Å². The van der Waals surface area contributed by atoms with Crippen LogP contribution in [-0.2, 0) is 6.54 Å². The van der Waals surface area contributed by atoms with Gasteiger partial charge in [-0.25, -0.2) is 4.98 Å². The van der Waals surface area contributed by atoms with Gasteiger partial charge in [-0.3, -0.25) is 4.79 Å². The van der Waals surface area contributed by atoms with Crippen LogP contribution >= 0.6 is 0 Å². The summed E-state index contributed by atoms with van der Waals surface area (Å²) in [6, 6.07) is 3.47. The van der Waals surface area contributed by atoms with Gasteiger partial charge >= 0.3 is 0 Å². The molecule has 0 spiro atoms. The molecule has 0 bridgehead atoms. The van der Waals surface area contributed by atoms with E-state index in [-0.39, 0.29) is 5.91 Å². The van der Waals surface area contributed by atoms with E-state index in [1.54, 1.807) is 24.6 Å². The lowest BCUT2D eigenvalue weighted by atomic mass is 9.96. The summed E-state index contributed by atoms with van der Waals surface area (Å²) in [6.07, 6.45) is 9.24. The van der Waals surface area contributed by atoms with E-state index in [1.165, 1.54) is 0 Å². The third-order valence-electron chi connectivity index (χ3n) is 3.66. The molecule has 0 atom stereocenters. The summed E-state index contributed by atoms with van der Waals surface area (Å²) in [6.45, 7) is 2.60. The summed E-state index contributed by atoms with van der Waals surface area (Å²) in [5, 5.41) is 0. The third kappa shape index (κ3) is 2.70. The number of hydrogen-bond donors (Lipinski definition) is 0. The minimum absolute atomic E-state index is 0.00563. The minimum Gasteiger partial charge on any atom is -0.459 e. The number of imidazole rings is 1. The Morgan fingerprint density at radius 1 is 1.42 bits per heavy atom. The molecule has 1 aliphatic heterocycles.